The third-order valence-electron chi connectivity index (χ3n) is 5.27. The van der Waals surface area contributed by atoms with Crippen molar-refractivity contribution in [1.29, 1.82) is 0 Å². The highest BCUT2D eigenvalue weighted by atomic mass is 16.3. The predicted molar refractivity (Wildman–Crippen MR) is 92.3 cm³/mol. The minimum absolute atomic E-state index is 0.290. The van der Waals surface area contributed by atoms with Crippen LogP contribution in [-0.2, 0) is 0 Å². The van der Waals surface area contributed by atoms with Crippen LogP contribution in [0.1, 0.15) is 37.3 Å². The van der Waals surface area contributed by atoms with Crippen molar-refractivity contribution in [3.8, 4) is 0 Å². The van der Waals surface area contributed by atoms with Crippen LogP contribution in [-0.4, -0.2) is 71.8 Å². The molecule has 2 aliphatic heterocycles. The zero-order chi connectivity index (χ0) is 15.9. The molecule has 23 heavy (non-hydrogen) atoms. The van der Waals surface area contributed by atoms with Crippen LogP contribution in [0.5, 0.6) is 0 Å². The number of hydrogen-bond donors (Lipinski definition) is 2. The van der Waals surface area contributed by atoms with Crippen LogP contribution in [0, 0.1) is 0 Å². The minimum atomic E-state index is 0.290. The zero-order valence-corrected chi connectivity index (χ0v) is 14.0. The summed E-state index contributed by atoms with van der Waals surface area (Å²) >= 11 is 0. The van der Waals surface area contributed by atoms with E-state index in [1.54, 1.807) is 0 Å². The fourth-order valence-corrected chi connectivity index (χ4v) is 4.02. The normalized spacial score (nSPS) is 25.3. The van der Waals surface area contributed by atoms with Crippen LogP contribution < -0.4 is 5.32 Å². The summed E-state index contributed by atoms with van der Waals surface area (Å²) in [5.41, 5.74) is 1.36. The van der Waals surface area contributed by atoms with Gasteiger partial charge in [0.1, 0.15) is 0 Å². The molecule has 2 N–H and O–H groups in total. The molecular formula is C18H30N4O. The highest BCUT2D eigenvalue weighted by Crippen LogP contribution is 2.30. The van der Waals surface area contributed by atoms with Gasteiger partial charge in [0, 0.05) is 63.8 Å². The first-order chi connectivity index (χ1) is 11.4. The van der Waals surface area contributed by atoms with E-state index in [0.29, 0.717) is 12.1 Å². The summed E-state index contributed by atoms with van der Waals surface area (Å²) in [7, 11) is 0. The number of aromatic nitrogens is 1. The summed E-state index contributed by atoms with van der Waals surface area (Å²) in [5.74, 6) is 0. The van der Waals surface area contributed by atoms with Gasteiger partial charge in [0.25, 0.3) is 0 Å². The second-order valence-corrected chi connectivity index (χ2v) is 6.75. The molecule has 3 heterocycles. The van der Waals surface area contributed by atoms with Gasteiger partial charge in [-0.1, -0.05) is 6.42 Å². The van der Waals surface area contributed by atoms with Gasteiger partial charge < -0.3 is 10.4 Å². The molecule has 5 nitrogen and oxygen atoms in total. The number of nitrogens with zero attached hydrogens (tertiary/aromatic N) is 3. The highest BCUT2D eigenvalue weighted by molar-refractivity contribution is 5.16. The first-order valence-electron chi connectivity index (χ1n) is 9.08. The molecular weight excluding hydrogens is 288 g/mol. The Balaban J connectivity index is 1.78. The smallest absolute Gasteiger partial charge is 0.0479 e. The molecule has 2 aliphatic rings. The number of aliphatic hydroxyl groups excluding tert-OH is 1. The van der Waals surface area contributed by atoms with E-state index in [-0.39, 0.29) is 6.61 Å². The van der Waals surface area contributed by atoms with Crippen molar-refractivity contribution in [2.75, 3.05) is 45.9 Å². The van der Waals surface area contributed by atoms with E-state index in [4.69, 9.17) is 0 Å². The molecule has 0 amide bonds. The van der Waals surface area contributed by atoms with Crippen LogP contribution in [0.2, 0.25) is 0 Å². The van der Waals surface area contributed by atoms with Gasteiger partial charge >= 0.3 is 0 Å². The Morgan fingerprint density at radius 3 is 2.70 bits per heavy atom. The summed E-state index contributed by atoms with van der Waals surface area (Å²) in [6.45, 7) is 6.93. The summed E-state index contributed by atoms with van der Waals surface area (Å²) in [6.07, 6.45) is 8.48. The fourth-order valence-electron chi connectivity index (χ4n) is 4.02. The van der Waals surface area contributed by atoms with Gasteiger partial charge in [-0.05, 0) is 43.5 Å². The summed E-state index contributed by atoms with van der Waals surface area (Å²) in [6, 6.07) is 5.25. The lowest BCUT2D eigenvalue weighted by molar-refractivity contribution is 0.0513. The van der Waals surface area contributed by atoms with E-state index >= 15 is 0 Å². The van der Waals surface area contributed by atoms with Crippen molar-refractivity contribution in [3.05, 3.63) is 30.1 Å². The van der Waals surface area contributed by atoms with E-state index in [0.717, 1.165) is 45.7 Å². The largest absolute Gasteiger partial charge is 0.396 e. The number of nitrogens with one attached hydrogen (secondary N) is 1. The Hall–Kier alpha value is -1.01. The van der Waals surface area contributed by atoms with E-state index in [1.165, 1.54) is 24.8 Å². The van der Waals surface area contributed by atoms with Crippen LogP contribution in [0.15, 0.2) is 24.5 Å². The van der Waals surface area contributed by atoms with Gasteiger partial charge in [-0.3, -0.25) is 14.8 Å². The van der Waals surface area contributed by atoms with Gasteiger partial charge in [0.2, 0.25) is 0 Å². The molecule has 0 radical (unpaired) electrons. The molecule has 2 saturated heterocycles. The molecule has 0 aliphatic carbocycles. The minimum Gasteiger partial charge on any atom is -0.396 e. The lowest BCUT2D eigenvalue weighted by Gasteiger charge is -2.43. The Labute approximate surface area is 139 Å². The maximum atomic E-state index is 9.45. The molecule has 1 aromatic heterocycles. The molecule has 0 bridgehead atoms. The highest BCUT2D eigenvalue weighted by Gasteiger charge is 2.31. The molecule has 128 valence electrons. The topological polar surface area (TPSA) is 51.6 Å². The molecule has 2 unspecified atom stereocenters. The molecule has 1 aromatic rings. The second kappa shape index (κ2) is 8.73. The SMILES string of the molecule is OCCC1CCCCN1C(CN1CCNCC1)c1ccncc1. The van der Waals surface area contributed by atoms with Crippen LogP contribution in [0.25, 0.3) is 0 Å². The van der Waals surface area contributed by atoms with Crippen molar-refractivity contribution < 1.29 is 5.11 Å². The Bertz CT molecular complexity index is 448. The maximum absolute atomic E-state index is 9.45. The van der Waals surface area contributed by atoms with Crippen LogP contribution >= 0.6 is 0 Å². The van der Waals surface area contributed by atoms with Crippen molar-refractivity contribution in [3.63, 3.8) is 0 Å². The van der Waals surface area contributed by atoms with Gasteiger partial charge in [0.15, 0.2) is 0 Å². The standard InChI is InChI=1S/C18H30N4O/c23-14-6-17-3-1-2-11-22(17)18(16-4-7-19-8-5-16)15-21-12-9-20-10-13-21/h4-5,7-8,17-18,20,23H,1-3,6,9-15H2. The Kier molecular flexibility index (Phi) is 6.39. The number of piperazine rings is 1. The Morgan fingerprint density at radius 2 is 1.96 bits per heavy atom. The second-order valence-electron chi connectivity index (χ2n) is 6.75. The van der Waals surface area contributed by atoms with Crippen molar-refractivity contribution in [2.24, 2.45) is 0 Å². The molecule has 2 atom stereocenters. The van der Waals surface area contributed by atoms with Crippen molar-refractivity contribution >= 4 is 0 Å². The van der Waals surface area contributed by atoms with Crippen LogP contribution in [0.3, 0.4) is 0 Å². The quantitative estimate of drug-likeness (QED) is 0.827. The van der Waals surface area contributed by atoms with E-state index in [1.807, 2.05) is 12.4 Å². The summed E-state index contributed by atoms with van der Waals surface area (Å²) in [5, 5.41) is 12.9. The molecule has 3 rings (SSSR count). The van der Waals surface area contributed by atoms with Crippen LogP contribution in [0.4, 0.5) is 0 Å². The lowest BCUT2D eigenvalue weighted by atomic mass is 9.94. The van der Waals surface area contributed by atoms with Gasteiger partial charge in [-0.15, -0.1) is 0 Å². The molecule has 0 aromatic carbocycles. The monoisotopic (exact) mass is 318 g/mol. The fraction of sp³-hybridized carbons (Fsp3) is 0.722. The van der Waals surface area contributed by atoms with Gasteiger partial charge in [0.05, 0.1) is 0 Å². The number of piperidine rings is 1. The first-order valence-corrected chi connectivity index (χ1v) is 9.08. The number of likely N-dealkylation sites (tertiary alicyclic amines) is 1. The number of rotatable bonds is 6. The summed E-state index contributed by atoms with van der Waals surface area (Å²) < 4.78 is 0. The number of hydrogen-bond acceptors (Lipinski definition) is 5. The average Bonchev–Trinajstić information content (AvgIpc) is 2.62. The van der Waals surface area contributed by atoms with Crippen molar-refractivity contribution in [1.82, 2.24) is 20.1 Å². The predicted octanol–water partition coefficient (Wildman–Crippen LogP) is 1.26. The van der Waals surface area contributed by atoms with Crippen molar-refractivity contribution in [2.45, 2.75) is 37.8 Å². The Morgan fingerprint density at radius 1 is 1.17 bits per heavy atom. The van der Waals surface area contributed by atoms with Gasteiger partial charge in [-0.2, -0.15) is 0 Å². The molecule has 2 fully saturated rings. The third kappa shape index (κ3) is 4.51. The third-order valence-corrected chi connectivity index (χ3v) is 5.27. The first kappa shape index (κ1) is 16.8. The molecule has 0 spiro atoms. The number of pyridine rings is 1. The number of aliphatic hydroxyl groups is 1. The lowest BCUT2D eigenvalue weighted by Crippen LogP contribution is -2.50. The molecule has 0 saturated carbocycles. The van der Waals surface area contributed by atoms with E-state index in [9.17, 15) is 5.11 Å². The average molecular weight is 318 g/mol. The van der Waals surface area contributed by atoms with E-state index < -0.39 is 0 Å². The van der Waals surface area contributed by atoms with E-state index in [2.05, 4.69) is 32.2 Å². The van der Waals surface area contributed by atoms with Gasteiger partial charge in [-0.25, -0.2) is 0 Å². The summed E-state index contributed by atoms with van der Waals surface area (Å²) in [4.78, 5) is 9.42. The zero-order valence-electron chi connectivity index (χ0n) is 14.0. The maximum Gasteiger partial charge on any atom is 0.0479 e. The molecule has 5 heteroatoms.